The van der Waals surface area contributed by atoms with Crippen molar-refractivity contribution < 1.29 is 14.8 Å². The molecule has 0 saturated heterocycles. The van der Waals surface area contributed by atoms with E-state index in [4.69, 9.17) is 23.2 Å². The van der Waals surface area contributed by atoms with Crippen LogP contribution in [0.4, 0.5) is 4.39 Å². The van der Waals surface area contributed by atoms with Gasteiger partial charge in [-0.3, -0.25) is 0 Å². The maximum absolute atomic E-state index is 13.8. The summed E-state index contributed by atoms with van der Waals surface area (Å²) >= 11 is 12.0. The fourth-order valence-electron chi connectivity index (χ4n) is 2.95. The molecule has 134 valence electrons. The number of aliphatic hydroxyl groups is 1. The zero-order valence-corrected chi connectivity index (χ0v) is 15.5. The van der Waals surface area contributed by atoms with Crippen LogP contribution in [0.1, 0.15) is 16.7 Å². The smallest absolute Gasteiger partial charge is 0.163 e. The van der Waals surface area contributed by atoms with Crippen molar-refractivity contribution >= 4 is 23.2 Å². The maximum atomic E-state index is 13.8. The second-order valence-electron chi connectivity index (χ2n) is 6.16. The Morgan fingerprint density at radius 3 is 1.81 bits per heavy atom. The van der Waals surface area contributed by atoms with Gasteiger partial charge in [0, 0.05) is 15.6 Å². The molecule has 2 nitrogen and oxygen atoms in total. The molecule has 3 rings (SSSR count). The standard InChI is InChI=1S/C21H18Cl2FNO/c22-18-9-5-16(6-10-18)21(26,17-7-11-19(23)12-8-17)14-25-13-15-3-1-2-4-20(15)24/h1-12,25-26H,13-14H2/p+1. The van der Waals surface area contributed by atoms with Crippen LogP contribution in [0, 0.1) is 5.82 Å². The highest BCUT2D eigenvalue weighted by molar-refractivity contribution is 6.30. The maximum Gasteiger partial charge on any atom is 0.163 e. The summed E-state index contributed by atoms with van der Waals surface area (Å²) in [5, 5.41) is 14.6. The summed E-state index contributed by atoms with van der Waals surface area (Å²) in [5.41, 5.74) is 0.783. The Bertz CT molecular complexity index is 820. The molecule has 0 saturated carbocycles. The van der Waals surface area contributed by atoms with Crippen molar-refractivity contribution in [1.82, 2.24) is 0 Å². The lowest BCUT2D eigenvalue weighted by Gasteiger charge is -2.28. The first-order chi connectivity index (χ1) is 12.5. The van der Waals surface area contributed by atoms with Gasteiger partial charge in [0.25, 0.3) is 0 Å². The fourth-order valence-corrected chi connectivity index (χ4v) is 3.21. The Hall–Kier alpha value is -1.91. The molecule has 0 fully saturated rings. The van der Waals surface area contributed by atoms with Crippen LogP contribution in [-0.4, -0.2) is 11.7 Å². The van der Waals surface area contributed by atoms with E-state index in [9.17, 15) is 9.50 Å². The van der Waals surface area contributed by atoms with Gasteiger partial charge in [0.05, 0.1) is 0 Å². The minimum Gasteiger partial charge on any atom is -0.375 e. The first-order valence-electron chi connectivity index (χ1n) is 8.28. The number of hydrogen-bond acceptors (Lipinski definition) is 1. The summed E-state index contributed by atoms with van der Waals surface area (Å²) in [7, 11) is 0. The van der Waals surface area contributed by atoms with Gasteiger partial charge >= 0.3 is 0 Å². The highest BCUT2D eigenvalue weighted by atomic mass is 35.5. The molecule has 0 radical (unpaired) electrons. The van der Waals surface area contributed by atoms with Crippen LogP contribution < -0.4 is 5.32 Å². The number of nitrogens with two attached hydrogens (primary N) is 1. The molecule has 0 aliphatic carbocycles. The lowest BCUT2D eigenvalue weighted by Crippen LogP contribution is -2.86. The Balaban J connectivity index is 1.86. The van der Waals surface area contributed by atoms with Crippen LogP contribution in [0.5, 0.6) is 0 Å². The van der Waals surface area contributed by atoms with Gasteiger partial charge in [0.15, 0.2) is 5.60 Å². The molecule has 26 heavy (non-hydrogen) atoms. The minimum absolute atomic E-state index is 0.245. The quantitative estimate of drug-likeness (QED) is 0.652. The molecule has 0 aliphatic heterocycles. The fraction of sp³-hybridized carbons (Fsp3) is 0.143. The van der Waals surface area contributed by atoms with E-state index in [0.717, 1.165) is 0 Å². The average molecular weight is 391 g/mol. The van der Waals surface area contributed by atoms with Crippen molar-refractivity contribution in [3.05, 3.63) is 105 Å². The summed E-state index contributed by atoms with van der Waals surface area (Å²) < 4.78 is 13.8. The predicted octanol–water partition coefficient (Wildman–Crippen LogP) is 4.13. The monoisotopic (exact) mass is 390 g/mol. The molecule has 0 aromatic heterocycles. The van der Waals surface area contributed by atoms with Gasteiger partial charge in [-0.15, -0.1) is 0 Å². The summed E-state index contributed by atoms with van der Waals surface area (Å²) in [5.74, 6) is -0.245. The third-order valence-corrected chi connectivity index (χ3v) is 4.91. The highest BCUT2D eigenvalue weighted by Gasteiger charge is 2.33. The van der Waals surface area contributed by atoms with Crippen molar-refractivity contribution in [3.8, 4) is 0 Å². The third kappa shape index (κ3) is 4.25. The Morgan fingerprint density at radius 1 is 0.808 bits per heavy atom. The Labute approximate surface area is 162 Å². The van der Waals surface area contributed by atoms with Gasteiger partial charge in [-0.1, -0.05) is 65.7 Å². The molecule has 0 bridgehead atoms. The van der Waals surface area contributed by atoms with E-state index in [1.54, 1.807) is 66.7 Å². The predicted molar refractivity (Wildman–Crippen MR) is 103 cm³/mol. The van der Waals surface area contributed by atoms with Crippen molar-refractivity contribution in [2.24, 2.45) is 0 Å². The van der Waals surface area contributed by atoms with Gasteiger partial charge in [-0.05, 0) is 41.5 Å². The molecule has 0 heterocycles. The topological polar surface area (TPSA) is 36.8 Å². The zero-order chi connectivity index (χ0) is 18.6. The number of hydrogen-bond donors (Lipinski definition) is 2. The van der Waals surface area contributed by atoms with E-state index in [-0.39, 0.29) is 5.82 Å². The van der Waals surface area contributed by atoms with Crippen LogP contribution in [0.15, 0.2) is 72.8 Å². The van der Waals surface area contributed by atoms with Gasteiger partial charge < -0.3 is 10.4 Å². The van der Waals surface area contributed by atoms with Gasteiger partial charge in [-0.2, -0.15) is 0 Å². The van der Waals surface area contributed by atoms with Gasteiger partial charge in [0.2, 0.25) is 0 Å². The van der Waals surface area contributed by atoms with E-state index >= 15 is 0 Å². The molecule has 0 spiro atoms. The van der Waals surface area contributed by atoms with E-state index in [1.807, 2.05) is 5.32 Å². The molecule has 0 atom stereocenters. The van der Waals surface area contributed by atoms with Crippen LogP contribution in [0.3, 0.4) is 0 Å². The second kappa shape index (κ2) is 8.19. The highest BCUT2D eigenvalue weighted by Crippen LogP contribution is 2.30. The molecule has 0 amide bonds. The van der Waals surface area contributed by atoms with Crippen molar-refractivity contribution in [3.63, 3.8) is 0 Å². The average Bonchev–Trinajstić information content (AvgIpc) is 2.64. The SMILES string of the molecule is OC(C[NH2+]Cc1ccccc1F)(c1ccc(Cl)cc1)c1ccc(Cl)cc1. The lowest BCUT2D eigenvalue weighted by molar-refractivity contribution is -0.682. The molecule has 3 aromatic rings. The van der Waals surface area contributed by atoms with Crippen LogP contribution >= 0.6 is 23.2 Å². The number of rotatable bonds is 6. The first kappa shape index (κ1) is 18.9. The van der Waals surface area contributed by atoms with E-state index < -0.39 is 5.60 Å². The van der Waals surface area contributed by atoms with Gasteiger partial charge in [-0.25, -0.2) is 4.39 Å². The van der Waals surface area contributed by atoms with Gasteiger partial charge in [0.1, 0.15) is 18.9 Å². The molecule has 3 aromatic carbocycles. The normalized spacial score (nSPS) is 11.5. The minimum atomic E-state index is -1.25. The molecule has 0 unspecified atom stereocenters. The summed E-state index contributed by atoms with van der Waals surface area (Å²) in [6, 6.07) is 20.8. The third-order valence-electron chi connectivity index (χ3n) is 4.41. The summed E-state index contributed by atoms with van der Waals surface area (Å²) in [6.45, 7) is 0.751. The van der Waals surface area contributed by atoms with E-state index in [2.05, 4.69) is 0 Å². The second-order valence-corrected chi connectivity index (χ2v) is 7.04. The number of benzene rings is 3. The summed E-state index contributed by atoms with van der Waals surface area (Å²) in [6.07, 6.45) is 0. The molecule has 5 heteroatoms. The van der Waals surface area contributed by atoms with Crippen LogP contribution in [-0.2, 0) is 12.1 Å². The molecular formula is C21H19Cl2FNO+. The van der Waals surface area contributed by atoms with Crippen molar-refractivity contribution in [2.45, 2.75) is 12.1 Å². The molecule has 3 N–H and O–H groups in total. The summed E-state index contributed by atoms with van der Waals surface area (Å²) in [4.78, 5) is 0. The molecule has 0 aliphatic rings. The van der Waals surface area contributed by atoms with Crippen molar-refractivity contribution in [2.75, 3.05) is 6.54 Å². The number of halogens is 3. The van der Waals surface area contributed by atoms with Crippen LogP contribution in [0.2, 0.25) is 10.0 Å². The van der Waals surface area contributed by atoms with Crippen molar-refractivity contribution in [1.29, 1.82) is 0 Å². The number of quaternary nitrogens is 1. The largest absolute Gasteiger partial charge is 0.375 e. The Kier molecular flexibility index (Phi) is 5.94. The van der Waals surface area contributed by atoms with E-state index in [1.165, 1.54) is 6.07 Å². The first-order valence-corrected chi connectivity index (χ1v) is 9.04. The zero-order valence-electron chi connectivity index (χ0n) is 14.0. The van der Waals surface area contributed by atoms with E-state index in [0.29, 0.717) is 39.8 Å². The Morgan fingerprint density at radius 2 is 1.31 bits per heavy atom. The van der Waals surface area contributed by atoms with Crippen LogP contribution in [0.25, 0.3) is 0 Å². The lowest BCUT2D eigenvalue weighted by atomic mass is 9.86. The molecular weight excluding hydrogens is 372 g/mol.